The van der Waals surface area contributed by atoms with Crippen LogP contribution in [0.1, 0.15) is 49.4 Å². The fraction of sp³-hybridized carbons (Fsp3) is 0.632. The van der Waals surface area contributed by atoms with E-state index in [1.807, 2.05) is 0 Å². The summed E-state index contributed by atoms with van der Waals surface area (Å²) in [6, 6.07) is -0.804. The summed E-state index contributed by atoms with van der Waals surface area (Å²) in [6.45, 7) is 1.66. The van der Waals surface area contributed by atoms with Crippen LogP contribution in [0.3, 0.4) is 0 Å². The third-order valence-corrected chi connectivity index (χ3v) is 6.19. The highest BCUT2D eigenvalue weighted by atomic mass is 19.4. The number of anilines is 3. The van der Waals surface area contributed by atoms with Gasteiger partial charge in [-0.2, -0.15) is 23.3 Å². The summed E-state index contributed by atoms with van der Waals surface area (Å²) in [4.78, 5) is 7.83. The lowest BCUT2D eigenvalue weighted by atomic mass is 9.93. The first-order valence-corrected chi connectivity index (χ1v) is 10.2. The van der Waals surface area contributed by atoms with E-state index in [0.29, 0.717) is 23.5 Å². The lowest BCUT2D eigenvalue weighted by Crippen LogP contribution is -2.30. The van der Waals surface area contributed by atoms with Gasteiger partial charge < -0.3 is 15.4 Å². The first kappa shape index (κ1) is 20.3. The van der Waals surface area contributed by atoms with Crippen LogP contribution in [0.15, 0.2) is 6.20 Å². The topological polar surface area (TPSA) is 76.9 Å². The molecule has 3 heterocycles. The van der Waals surface area contributed by atoms with Crippen LogP contribution in [0.5, 0.6) is 5.75 Å². The smallest absolute Gasteiger partial charge is 0.421 e. The summed E-state index contributed by atoms with van der Waals surface area (Å²) in [5.74, 6) is -3.51. The van der Waals surface area contributed by atoms with Crippen molar-refractivity contribution in [1.29, 1.82) is 0 Å². The molecule has 0 aromatic carbocycles. The first-order valence-electron chi connectivity index (χ1n) is 10.2. The van der Waals surface area contributed by atoms with Gasteiger partial charge in [0.2, 0.25) is 5.95 Å². The quantitative estimate of drug-likeness (QED) is 0.622. The average molecular weight is 444 g/mol. The molecule has 0 spiro atoms. The monoisotopic (exact) mass is 444 g/mol. The summed E-state index contributed by atoms with van der Waals surface area (Å²) >= 11 is 0. The second kappa shape index (κ2) is 6.92. The second-order valence-electron chi connectivity index (χ2n) is 8.46. The molecule has 0 saturated heterocycles. The van der Waals surface area contributed by atoms with Gasteiger partial charge in [0.15, 0.2) is 11.6 Å². The second-order valence-corrected chi connectivity index (χ2v) is 8.46. The van der Waals surface area contributed by atoms with Crippen molar-refractivity contribution < 1.29 is 26.7 Å². The van der Waals surface area contributed by atoms with Crippen LogP contribution in [-0.4, -0.2) is 38.3 Å². The van der Waals surface area contributed by atoms with E-state index < -0.39 is 48.3 Å². The third-order valence-electron chi connectivity index (χ3n) is 6.19. The highest BCUT2D eigenvalue weighted by Crippen LogP contribution is 2.45. The Hall–Kier alpha value is -2.66. The molecule has 2 aromatic rings. The van der Waals surface area contributed by atoms with Crippen LogP contribution in [0.2, 0.25) is 0 Å². The molecule has 2 fully saturated rings. The predicted molar refractivity (Wildman–Crippen MR) is 101 cm³/mol. The Bertz CT molecular complexity index is 1000. The standard InChI is InChI=1S/C19H21F5N6O/c1-9-14-16(30(29-9)11-3-2-4-11)28-17-25-7-12(19(22,23)24)15(27-17)26-13-6-18(20,21)5-10(13)8-31-14/h7,10-11,13H,2-6,8H2,1H3,(H2,25,26,27,28)/t10-,13+/m1/s1. The van der Waals surface area contributed by atoms with E-state index in [4.69, 9.17) is 4.74 Å². The fourth-order valence-electron chi connectivity index (χ4n) is 4.39. The maximum Gasteiger partial charge on any atom is 0.421 e. The van der Waals surface area contributed by atoms with E-state index in [9.17, 15) is 22.0 Å². The van der Waals surface area contributed by atoms with E-state index in [0.717, 1.165) is 19.3 Å². The van der Waals surface area contributed by atoms with Crippen molar-refractivity contribution in [2.75, 3.05) is 17.2 Å². The summed E-state index contributed by atoms with van der Waals surface area (Å²) in [5.41, 5.74) is -0.536. The lowest BCUT2D eigenvalue weighted by molar-refractivity contribution is -0.137. The van der Waals surface area contributed by atoms with Crippen LogP contribution in [0.4, 0.5) is 39.5 Å². The van der Waals surface area contributed by atoms with Crippen molar-refractivity contribution in [3.63, 3.8) is 0 Å². The molecule has 0 radical (unpaired) electrons. The van der Waals surface area contributed by atoms with Crippen molar-refractivity contribution in [2.24, 2.45) is 5.92 Å². The van der Waals surface area contributed by atoms with Crippen molar-refractivity contribution in [3.8, 4) is 5.75 Å². The van der Waals surface area contributed by atoms with Gasteiger partial charge in [0, 0.05) is 31.0 Å². The maximum atomic E-state index is 14.2. The van der Waals surface area contributed by atoms with Crippen molar-refractivity contribution in [3.05, 3.63) is 17.5 Å². The molecule has 168 valence electrons. The van der Waals surface area contributed by atoms with Gasteiger partial charge in [0.1, 0.15) is 17.1 Å². The zero-order valence-corrected chi connectivity index (χ0v) is 16.6. The molecule has 0 amide bonds. The molecule has 31 heavy (non-hydrogen) atoms. The molecule has 1 aliphatic heterocycles. The number of nitrogens with zero attached hydrogens (tertiary/aromatic N) is 4. The van der Waals surface area contributed by atoms with Crippen LogP contribution in [0.25, 0.3) is 0 Å². The van der Waals surface area contributed by atoms with Gasteiger partial charge in [-0.05, 0) is 26.2 Å². The average Bonchev–Trinajstić information content (AvgIpc) is 3.05. The van der Waals surface area contributed by atoms with Crippen LogP contribution < -0.4 is 15.4 Å². The van der Waals surface area contributed by atoms with E-state index in [2.05, 4.69) is 25.7 Å². The number of hydrogen-bond donors (Lipinski definition) is 2. The van der Waals surface area contributed by atoms with Crippen molar-refractivity contribution in [2.45, 2.75) is 63.2 Å². The normalized spacial score (nSPS) is 25.2. The van der Waals surface area contributed by atoms with Gasteiger partial charge in [-0.1, -0.05) is 0 Å². The summed E-state index contributed by atoms with van der Waals surface area (Å²) in [6.07, 6.45) is -2.29. The van der Waals surface area contributed by atoms with Gasteiger partial charge in [0.05, 0.1) is 12.6 Å². The van der Waals surface area contributed by atoms with Crippen molar-refractivity contribution in [1.82, 2.24) is 19.7 Å². The number of ether oxygens (including phenoxy) is 1. The van der Waals surface area contributed by atoms with E-state index >= 15 is 0 Å². The number of aryl methyl sites for hydroxylation is 1. The zero-order valence-electron chi connectivity index (χ0n) is 16.6. The molecule has 2 saturated carbocycles. The van der Waals surface area contributed by atoms with E-state index in [1.165, 1.54) is 0 Å². The molecule has 2 aliphatic carbocycles. The number of alkyl halides is 5. The Morgan fingerprint density at radius 3 is 2.68 bits per heavy atom. The van der Waals surface area contributed by atoms with Crippen LogP contribution >= 0.6 is 0 Å². The molecule has 5 rings (SSSR count). The lowest BCUT2D eigenvalue weighted by Gasteiger charge is -2.27. The summed E-state index contributed by atoms with van der Waals surface area (Å²) < 4.78 is 76.6. The molecule has 7 nitrogen and oxygen atoms in total. The highest BCUT2D eigenvalue weighted by Gasteiger charge is 2.48. The Morgan fingerprint density at radius 1 is 1.23 bits per heavy atom. The summed E-state index contributed by atoms with van der Waals surface area (Å²) in [7, 11) is 0. The van der Waals surface area contributed by atoms with Crippen molar-refractivity contribution >= 4 is 17.6 Å². The van der Waals surface area contributed by atoms with Gasteiger partial charge in [-0.25, -0.2) is 18.4 Å². The summed E-state index contributed by atoms with van der Waals surface area (Å²) in [5, 5.41) is 10.1. The Kier molecular flexibility index (Phi) is 4.52. The Morgan fingerprint density at radius 2 is 2.00 bits per heavy atom. The number of hydrogen-bond acceptors (Lipinski definition) is 6. The molecule has 2 atom stereocenters. The van der Waals surface area contributed by atoms with Crippen LogP contribution in [0, 0.1) is 12.8 Å². The molecular formula is C19H21F5N6O. The Balaban J connectivity index is 1.62. The predicted octanol–water partition coefficient (Wildman–Crippen LogP) is 4.69. The minimum absolute atomic E-state index is 0.0794. The molecule has 2 N–H and O–H groups in total. The fourth-order valence-corrected chi connectivity index (χ4v) is 4.39. The first-order chi connectivity index (χ1) is 14.6. The largest absolute Gasteiger partial charge is 0.487 e. The Labute approximate surface area is 174 Å². The minimum Gasteiger partial charge on any atom is -0.487 e. The van der Waals surface area contributed by atoms with Crippen LogP contribution in [-0.2, 0) is 6.18 Å². The van der Waals surface area contributed by atoms with E-state index in [1.54, 1.807) is 11.6 Å². The molecular weight excluding hydrogens is 423 g/mol. The number of aromatic nitrogens is 4. The molecule has 3 aliphatic rings. The van der Waals surface area contributed by atoms with Gasteiger partial charge in [-0.15, -0.1) is 0 Å². The molecule has 2 aromatic heterocycles. The molecule has 2 bridgehead atoms. The van der Waals surface area contributed by atoms with E-state index in [-0.39, 0.29) is 18.6 Å². The number of nitrogens with one attached hydrogen (secondary N) is 2. The highest BCUT2D eigenvalue weighted by molar-refractivity contribution is 5.62. The molecule has 12 heteroatoms. The number of fused-ring (bicyclic) bond motifs is 4. The minimum atomic E-state index is -4.73. The SMILES string of the molecule is Cc1nn(C2CCC2)c2c1OC[C@H]1CC(F)(F)C[C@@H]1Nc1nc(ncc1C(F)(F)F)N2. The third kappa shape index (κ3) is 3.65. The number of halogens is 5. The van der Waals surface area contributed by atoms with Gasteiger partial charge >= 0.3 is 6.18 Å². The molecule has 0 unspecified atom stereocenters. The van der Waals surface area contributed by atoms with Gasteiger partial charge in [0.25, 0.3) is 5.92 Å². The van der Waals surface area contributed by atoms with Gasteiger partial charge in [-0.3, -0.25) is 0 Å². The number of rotatable bonds is 1. The maximum absolute atomic E-state index is 14.2. The zero-order chi connectivity index (χ0) is 22.0.